The van der Waals surface area contributed by atoms with Crippen molar-refractivity contribution in [3.05, 3.63) is 22.4 Å². The van der Waals surface area contributed by atoms with Crippen molar-refractivity contribution >= 4 is 22.9 Å². The van der Waals surface area contributed by atoms with Gasteiger partial charge in [-0.3, -0.25) is 9.59 Å². The molecule has 0 saturated heterocycles. The monoisotopic (exact) mass is 204 g/mol. The Bertz CT molecular complexity index is 330. The maximum Gasteiger partial charge on any atom is 0.367 e. The number of alkyl halides is 2. The summed E-state index contributed by atoms with van der Waals surface area (Å²) in [6.45, 7) is 0.700. The van der Waals surface area contributed by atoms with Crippen molar-refractivity contribution in [2.75, 3.05) is 0 Å². The van der Waals surface area contributed by atoms with E-state index in [0.29, 0.717) is 6.92 Å². The fourth-order valence-electron chi connectivity index (χ4n) is 0.722. The number of carbonyl (C=O) groups is 2. The Hall–Kier alpha value is -1.10. The summed E-state index contributed by atoms with van der Waals surface area (Å²) in [5, 5.41) is 1.50. The minimum Gasteiger partial charge on any atom is -0.293 e. The maximum atomic E-state index is 12.8. The Morgan fingerprint density at radius 3 is 2.46 bits per heavy atom. The van der Waals surface area contributed by atoms with Gasteiger partial charge in [-0.15, -0.1) is 11.3 Å². The molecule has 0 aromatic carbocycles. The number of hydrogen-bond donors (Lipinski definition) is 0. The summed E-state index contributed by atoms with van der Waals surface area (Å²) >= 11 is 0.894. The van der Waals surface area contributed by atoms with E-state index in [9.17, 15) is 18.4 Å². The second-order valence-electron chi connectivity index (χ2n) is 2.44. The van der Waals surface area contributed by atoms with E-state index in [1.807, 2.05) is 0 Å². The van der Waals surface area contributed by atoms with Gasteiger partial charge in [0, 0.05) is 6.92 Å². The van der Waals surface area contributed by atoms with Crippen LogP contribution in [-0.2, 0) is 4.79 Å². The zero-order chi connectivity index (χ0) is 10.1. The molecule has 0 aliphatic rings. The van der Waals surface area contributed by atoms with Gasteiger partial charge >= 0.3 is 5.92 Å². The summed E-state index contributed by atoms with van der Waals surface area (Å²) in [5.41, 5.74) is 0. The summed E-state index contributed by atoms with van der Waals surface area (Å²) in [7, 11) is 0. The number of thiophene rings is 1. The van der Waals surface area contributed by atoms with Gasteiger partial charge in [0.25, 0.3) is 0 Å². The molecule has 0 aliphatic heterocycles. The van der Waals surface area contributed by atoms with Gasteiger partial charge in [0.2, 0.25) is 11.6 Å². The molecule has 0 fully saturated rings. The Labute approximate surface area is 77.2 Å². The van der Waals surface area contributed by atoms with Crippen LogP contribution in [0.25, 0.3) is 0 Å². The number of halogens is 2. The lowest BCUT2D eigenvalue weighted by atomic mass is 10.1. The zero-order valence-corrected chi connectivity index (χ0v) is 7.53. The first kappa shape index (κ1) is 9.98. The Morgan fingerprint density at radius 1 is 1.46 bits per heavy atom. The lowest BCUT2D eigenvalue weighted by Gasteiger charge is -2.08. The largest absolute Gasteiger partial charge is 0.367 e. The van der Waals surface area contributed by atoms with Crippen molar-refractivity contribution in [2.24, 2.45) is 0 Å². The highest BCUT2D eigenvalue weighted by Crippen LogP contribution is 2.23. The summed E-state index contributed by atoms with van der Waals surface area (Å²) in [6.07, 6.45) is 0. The van der Waals surface area contributed by atoms with Crippen LogP contribution in [0.3, 0.4) is 0 Å². The molecule has 0 N–H and O–H groups in total. The molecule has 0 radical (unpaired) electrons. The molecule has 1 heterocycles. The average Bonchev–Trinajstić information content (AvgIpc) is 2.54. The van der Waals surface area contributed by atoms with Gasteiger partial charge in [0.1, 0.15) is 0 Å². The molecule has 0 amide bonds. The van der Waals surface area contributed by atoms with E-state index in [4.69, 9.17) is 0 Å². The Morgan fingerprint density at radius 2 is 2.08 bits per heavy atom. The summed E-state index contributed by atoms with van der Waals surface area (Å²) in [4.78, 5) is 21.3. The first-order valence-corrected chi connectivity index (χ1v) is 4.31. The van der Waals surface area contributed by atoms with Crippen LogP contribution in [0.2, 0.25) is 0 Å². The fourth-order valence-corrected chi connectivity index (χ4v) is 1.42. The fraction of sp³-hybridized carbons (Fsp3) is 0.250. The topological polar surface area (TPSA) is 34.1 Å². The van der Waals surface area contributed by atoms with Crippen molar-refractivity contribution in [1.82, 2.24) is 0 Å². The van der Waals surface area contributed by atoms with E-state index in [1.165, 1.54) is 17.5 Å². The van der Waals surface area contributed by atoms with Crippen molar-refractivity contribution in [1.29, 1.82) is 0 Å². The predicted octanol–water partition coefficient (Wildman–Crippen LogP) is 2.16. The lowest BCUT2D eigenvalue weighted by Crippen LogP contribution is -2.35. The molecule has 70 valence electrons. The standard InChI is InChI=1S/C8H6F2O2S/c1-5(11)8(9,10)7(12)6-3-2-4-13-6/h2-4H,1H3. The summed E-state index contributed by atoms with van der Waals surface area (Å²) in [5.74, 6) is -6.73. The van der Waals surface area contributed by atoms with Gasteiger partial charge in [-0.25, -0.2) is 0 Å². The molecule has 0 aliphatic carbocycles. The van der Waals surface area contributed by atoms with Crippen molar-refractivity contribution in [3.63, 3.8) is 0 Å². The number of Topliss-reactive ketones (excluding diaryl/α,β-unsaturated/α-hetero) is 2. The van der Waals surface area contributed by atoms with Crippen LogP contribution >= 0.6 is 11.3 Å². The first-order chi connectivity index (χ1) is 5.96. The summed E-state index contributed by atoms with van der Waals surface area (Å²) in [6, 6.07) is 2.75. The minimum absolute atomic E-state index is 0.0970. The molecule has 5 heteroatoms. The lowest BCUT2D eigenvalue weighted by molar-refractivity contribution is -0.134. The van der Waals surface area contributed by atoms with Crippen molar-refractivity contribution in [2.45, 2.75) is 12.8 Å². The van der Waals surface area contributed by atoms with Crippen molar-refractivity contribution < 1.29 is 18.4 Å². The van der Waals surface area contributed by atoms with Crippen LogP contribution < -0.4 is 0 Å². The Balaban J connectivity index is 2.98. The quantitative estimate of drug-likeness (QED) is 0.558. The van der Waals surface area contributed by atoms with Crippen LogP contribution in [0.4, 0.5) is 8.78 Å². The van der Waals surface area contributed by atoms with Crippen molar-refractivity contribution in [3.8, 4) is 0 Å². The Kier molecular flexibility index (Phi) is 2.56. The van der Waals surface area contributed by atoms with Crippen LogP contribution in [0.1, 0.15) is 16.6 Å². The number of carbonyl (C=O) groups excluding carboxylic acids is 2. The normalized spacial score (nSPS) is 11.3. The molecule has 1 rings (SSSR count). The van der Waals surface area contributed by atoms with Gasteiger partial charge < -0.3 is 0 Å². The van der Waals surface area contributed by atoms with Crippen LogP contribution in [0, 0.1) is 0 Å². The molecular weight excluding hydrogens is 198 g/mol. The molecular formula is C8H6F2O2S. The van der Waals surface area contributed by atoms with E-state index < -0.39 is 17.5 Å². The van der Waals surface area contributed by atoms with E-state index in [2.05, 4.69) is 0 Å². The summed E-state index contributed by atoms with van der Waals surface area (Å²) < 4.78 is 25.6. The molecule has 0 atom stereocenters. The van der Waals surface area contributed by atoms with Gasteiger partial charge in [-0.2, -0.15) is 8.78 Å². The predicted molar refractivity (Wildman–Crippen MR) is 44.3 cm³/mol. The third kappa shape index (κ3) is 1.80. The van der Waals surface area contributed by atoms with E-state index >= 15 is 0 Å². The van der Waals surface area contributed by atoms with Gasteiger partial charge in [0.05, 0.1) is 4.88 Å². The molecule has 1 aromatic heterocycles. The molecule has 13 heavy (non-hydrogen) atoms. The minimum atomic E-state index is -3.88. The third-order valence-corrected chi connectivity index (χ3v) is 2.34. The smallest absolute Gasteiger partial charge is 0.293 e. The van der Waals surface area contributed by atoms with Crippen LogP contribution in [0.15, 0.2) is 17.5 Å². The molecule has 0 unspecified atom stereocenters. The molecule has 2 nitrogen and oxygen atoms in total. The molecule has 1 aromatic rings. The molecule has 0 saturated carbocycles. The number of hydrogen-bond acceptors (Lipinski definition) is 3. The average molecular weight is 204 g/mol. The highest BCUT2D eigenvalue weighted by atomic mass is 32.1. The second kappa shape index (κ2) is 3.33. The highest BCUT2D eigenvalue weighted by molar-refractivity contribution is 7.12. The van der Waals surface area contributed by atoms with Gasteiger partial charge in [-0.05, 0) is 11.4 Å². The maximum absolute atomic E-state index is 12.8. The van der Waals surface area contributed by atoms with E-state index in [-0.39, 0.29) is 4.88 Å². The molecule has 0 bridgehead atoms. The van der Waals surface area contributed by atoms with Gasteiger partial charge in [0.15, 0.2) is 0 Å². The first-order valence-electron chi connectivity index (χ1n) is 3.43. The van der Waals surface area contributed by atoms with Gasteiger partial charge in [-0.1, -0.05) is 6.07 Å². The van der Waals surface area contributed by atoms with Crippen LogP contribution in [0.5, 0.6) is 0 Å². The van der Waals surface area contributed by atoms with Crippen LogP contribution in [-0.4, -0.2) is 17.5 Å². The number of ketones is 2. The second-order valence-corrected chi connectivity index (χ2v) is 3.38. The number of rotatable bonds is 3. The van der Waals surface area contributed by atoms with E-state index in [1.54, 1.807) is 0 Å². The van der Waals surface area contributed by atoms with E-state index in [0.717, 1.165) is 11.3 Å². The molecule has 0 spiro atoms. The third-order valence-electron chi connectivity index (χ3n) is 1.47. The SMILES string of the molecule is CC(=O)C(F)(F)C(=O)c1cccs1. The zero-order valence-electron chi connectivity index (χ0n) is 6.71. The highest BCUT2D eigenvalue weighted by Gasteiger charge is 2.44.